The smallest absolute Gasteiger partial charge is 0.143 e. The van der Waals surface area contributed by atoms with Gasteiger partial charge >= 0.3 is 0 Å². The first kappa shape index (κ1) is 12.3. The Kier molecular flexibility index (Phi) is 5.43. The van der Waals surface area contributed by atoms with Gasteiger partial charge in [0.05, 0.1) is 5.02 Å². The molecule has 0 bridgehead atoms. The zero-order valence-electron chi connectivity index (χ0n) is 8.72. The van der Waals surface area contributed by atoms with E-state index in [1.807, 2.05) is 6.92 Å². The number of ether oxygens (including phenoxy) is 1. The van der Waals surface area contributed by atoms with Crippen LogP contribution in [0.3, 0.4) is 0 Å². The van der Waals surface area contributed by atoms with Gasteiger partial charge in [0.2, 0.25) is 0 Å². The Bertz CT molecular complexity index is 307. The van der Waals surface area contributed by atoms with Gasteiger partial charge < -0.3 is 10.1 Å². The largest absolute Gasteiger partial charge is 0.385 e. The topological polar surface area (TPSA) is 21.3 Å². The van der Waals surface area contributed by atoms with E-state index in [0.29, 0.717) is 0 Å². The third-order valence-electron chi connectivity index (χ3n) is 1.92. The van der Waals surface area contributed by atoms with Crippen molar-refractivity contribution in [2.45, 2.75) is 13.3 Å². The molecular formula is C11H15ClFNO. The van der Waals surface area contributed by atoms with Crippen molar-refractivity contribution >= 4 is 17.3 Å². The Morgan fingerprint density at radius 1 is 1.47 bits per heavy atom. The van der Waals surface area contributed by atoms with Crippen LogP contribution >= 0.6 is 11.6 Å². The number of hydrogen-bond donors (Lipinski definition) is 1. The van der Waals surface area contributed by atoms with Crippen LogP contribution in [0.1, 0.15) is 13.3 Å². The normalized spacial score (nSPS) is 10.3. The molecule has 0 fully saturated rings. The molecule has 0 aliphatic rings. The molecule has 0 amide bonds. The molecule has 1 rings (SSSR count). The molecule has 1 N–H and O–H groups in total. The highest BCUT2D eigenvalue weighted by molar-refractivity contribution is 6.30. The molecule has 0 heterocycles. The van der Waals surface area contributed by atoms with Gasteiger partial charge in [-0.05, 0) is 31.5 Å². The quantitative estimate of drug-likeness (QED) is 0.759. The lowest BCUT2D eigenvalue weighted by atomic mass is 10.3. The van der Waals surface area contributed by atoms with Gasteiger partial charge in [-0.25, -0.2) is 4.39 Å². The number of nitrogens with one attached hydrogen (secondary N) is 1. The molecule has 1 aromatic rings. The summed E-state index contributed by atoms with van der Waals surface area (Å²) in [4.78, 5) is 0. The number of hydrogen-bond acceptors (Lipinski definition) is 2. The summed E-state index contributed by atoms with van der Waals surface area (Å²) >= 11 is 5.56. The molecular weight excluding hydrogens is 217 g/mol. The van der Waals surface area contributed by atoms with Crippen molar-refractivity contribution in [3.63, 3.8) is 0 Å². The van der Waals surface area contributed by atoms with E-state index in [9.17, 15) is 4.39 Å². The molecule has 4 heteroatoms. The molecule has 0 aromatic heterocycles. The van der Waals surface area contributed by atoms with Crippen LogP contribution in [-0.4, -0.2) is 19.8 Å². The summed E-state index contributed by atoms with van der Waals surface area (Å²) in [5.41, 5.74) is 0.744. The van der Waals surface area contributed by atoms with Crippen molar-refractivity contribution in [1.29, 1.82) is 0 Å². The minimum Gasteiger partial charge on any atom is -0.385 e. The predicted octanol–water partition coefficient (Wildman–Crippen LogP) is 3.32. The fourth-order valence-corrected chi connectivity index (χ4v) is 1.27. The Hall–Kier alpha value is -0.800. The van der Waals surface area contributed by atoms with Crippen molar-refractivity contribution in [3.05, 3.63) is 29.0 Å². The van der Waals surface area contributed by atoms with E-state index in [0.717, 1.165) is 31.9 Å². The third kappa shape index (κ3) is 4.49. The summed E-state index contributed by atoms with van der Waals surface area (Å²) in [6.45, 7) is 4.18. The van der Waals surface area contributed by atoms with E-state index >= 15 is 0 Å². The van der Waals surface area contributed by atoms with Gasteiger partial charge in [-0.15, -0.1) is 0 Å². The van der Waals surface area contributed by atoms with E-state index in [2.05, 4.69) is 5.32 Å². The van der Waals surface area contributed by atoms with Crippen molar-refractivity contribution in [3.8, 4) is 0 Å². The Morgan fingerprint density at radius 3 is 2.93 bits per heavy atom. The van der Waals surface area contributed by atoms with E-state index < -0.39 is 5.82 Å². The molecule has 0 spiro atoms. The van der Waals surface area contributed by atoms with Crippen LogP contribution in [-0.2, 0) is 4.74 Å². The minimum atomic E-state index is -0.397. The number of benzene rings is 1. The average molecular weight is 232 g/mol. The van der Waals surface area contributed by atoms with Gasteiger partial charge in [0.15, 0.2) is 0 Å². The van der Waals surface area contributed by atoms with Gasteiger partial charge in [0.1, 0.15) is 5.82 Å². The molecule has 2 nitrogen and oxygen atoms in total. The van der Waals surface area contributed by atoms with Crippen LogP contribution in [0.4, 0.5) is 10.1 Å². The van der Waals surface area contributed by atoms with E-state index in [4.69, 9.17) is 16.3 Å². The standard InChI is InChI=1S/C11H15ClFNO/c1-2-15-7-3-6-14-9-4-5-10(12)11(13)8-9/h4-5,8,14H,2-3,6-7H2,1H3. The Balaban J connectivity index is 2.28. The molecule has 0 atom stereocenters. The summed E-state index contributed by atoms with van der Waals surface area (Å²) < 4.78 is 18.2. The maximum atomic E-state index is 13.0. The van der Waals surface area contributed by atoms with Crippen LogP contribution in [0.25, 0.3) is 0 Å². The second-order valence-corrected chi connectivity index (χ2v) is 3.51. The molecule has 1 aromatic carbocycles. The third-order valence-corrected chi connectivity index (χ3v) is 2.22. The highest BCUT2D eigenvalue weighted by Crippen LogP contribution is 2.18. The lowest BCUT2D eigenvalue weighted by Crippen LogP contribution is -2.05. The molecule has 0 saturated heterocycles. The highest BCUT2D eigenvalue weighted by atomic mass is 35.5. The fraction of sp³-hybridized carbons (Fsp3) is 0.455. The molecule has 0 saturated carbocycles. The Labute approximate surface area is 94.4 Å². The van der Waals surface area contributed by atoms with Crippen LogP contribution in [0.15, 0.2) is 18.2 Å². The summed E-state index contributed by atoms with van der Waals surface area (Å²) in [5, 5.41) is 3.24. The number of halogens is 2. The minimum absolute atomic E-state index is 0.148. The van der Waals surface area contributed by atoms with Crippen LogP contribution < -0.4 is 5.32 Å². The molecule has 0 aliphatic heterocycles. The lowest BCUT2D eigenvalue weighted by Gasteiger charge is -2.06. The van der Waals surface area contributed by atoms with Crippen molar-refractivity contribution in [2.75, 3.05) is 25.1 Å². The zero-order valence-corrected chi connectivity index (χ0v) is 9.48. The highest BCUT2D eigenvalue weighted by Gasteiger charge is 1.99. The van der Waals surface area contributed by atoms with Crippen LogP contribution in [0.5, 0.6) is 0 Å². The number of anilines is 1. The number of rotatable bonds is 6. The zero-order chi connectivity index (χ0) is 11.1. The van der Waals surface area contributed by atoms with Gasteiger partial charge in [0.25, 0.3) is 0 Å². The second kappa shape index (κ2) is 6.64. The van der Waals surface area contributed by atoms with Crippen molar-refractivity contribution in [1.82, 2.24) is 0 Å². The molecule has 0 aliphatic carbocycles. The van der Waals surface area contributed by atoms with E-state index in [-0.39, 0.29) is 5.02 Å². The monoisotopic (exact) mass is 231 g/mol. The van der Waals surface area contributed by atoms with Gasteiger partial charge in [0, 0.05) is 25.4 Å². The summed E-state index contributed by atoms with van der Waals surface area (Å²) in [6.07, 6.45) is 0.901. The van der Waals surface area contributed by atoms with E-state index in [1.165, 1.54) is 6.07 Å². The van der Waals surface area contributed by atoms with Gasteiger partial charge in [-0.1, -0.05) is 11.6 Å². The van der Waals surface area contributed by atoms with Crippen LogP contribution in [0, 0.1) is 5.82 Å². The summed E-state index contributed by atoms with van der Waals surface area (Å²) in [5.74, 6) is -0.397. The lowest BCUT2D eigenvalue weighted by molar-refractivity contribution is 0.147. The average Bonchev–Trinajstić information content (AvgIpc) is 2.23. The van der Waals surface area contributed by atoms with Crippen molar-refractivity contribution < 1.29 is 9.13 Å². The summed E-state index contributed by atoms with van der Waals surface area (Å²) in [7, 11) is 0. The molecule has 0 radical (unpaired) electrons. The SMILES string of the molecule is CCOCCCNc1ccc(Cl)c(F)c1. The maximum absolute atomic E-state index is 13.0. The van der Waals surface area contributed by atoms with E-state index in [1.54, 1.807) is 12.1 Å². The summed E-state index contributed by atoms with van der Waals surface area (Å²) in [6, 6.07) is 4.69. The molecule has 84 valence electrons. The first-order valence-corrected chi connectivity index (χ1v) is 5.38. The van der Waals surface area contributed by atoms with Gasteiger partial charge in [-0.3, -0.25) is 0 Å². The van der Waals surface area contributed by atoms with Gasteiger partial charge in [-0.2, -0.15) is 0 Å². The first-order valence-electron chi connectivity index (χ1n) is 5.00. The molecule has 15 heavy (non-hydrogen) atoms. The van der Waals surface area contributed by atoms with Crippen LogP contribution in [0.2, 0.25) is 5.02 Å². The fourth-order valence-electron chi connectivity index (χ4n) is 1.16. The predicted molar refractivity (Wildman–Crippen MR) is 61.0 cm³/mol. The molecule has 0 unspecified atom stereocenters. The second-order valence-electron chi connectivity index (χ2n) is 3.11. The maximum Gasteiger partial charge on any atom is 0.143 e. The first-order chi connectivity index (χ1) is 7.24. The Morgan fingerprint density at radius 2 is 2.27 bits per heavy atom. The van der Waals surface area contributed by atoms with Crippen molar-refractivity contribution in [2.24, 2.45) is 0 Å².